The second kappa shape index (κ2) is 5.37. The molecule has 0 atom stereocenters. The Hall–Kier alpha value is -2.07. The number of sulfonamides is 1. The third-order valence-corrected chi connectivity index (χ3v) is 4.74. The van der Waals surface area contributed by atoms with Gasteiger partial charge in [-0.1, -0.05) is 0 Å². The van der Waals surface area contributed by atoms with Gasteiger partial charge in [0.1, 0.15) is 16.4 Å². The molecule has 21 heavy (non-hydrogen) atoms. The Balaban J connectivity index is 2.40. The SMILES string of the molecule is O=C(O)c1cc(S(=O)(=O)Nc2c(F)cc(F)cc2F)cs1. The molecule has 2 N–H and O–H groups in total. The van der Waals surface area contributed by atoms with Crippen LogP contribution in [0.25, 0.3) is 0 Å². The van der Waals surface area contributed by atoms with Crippen molar-refractivity contribution in [3.8, 4) is 0 Å². The molecule has 2 rings (SSSR count). The number of hydrogen-bond donors (Lipinski definition) is 2. The summed E-state index contributed by atoms with van der Waals surface area (Å²) >= 11 is 0.640. The fourth-order valence-corrected chi connectivity index (χ4v) is 3.59. The molecule has 0 unspecified atom stereocenters. The van der Waals surface area contributed by atoms with Gasteiger partial charge >= 0.3 is 5.97 Å². The Morgan fingerprint density at radius 2 is 1.71 bits per heavy atom. The summed E-state index contributed by atoms with van der Waals surface area (Å²) in [6.45, 7) is 0. The van der Waals surface area contributed by atoms with Gasteiger partial charge in [-0.3, -0.25) is 4.72 Å². The lowest BCUT2D eigenvalue weighted by Gasteiger charge is -2.08. The number of nitrogens with one attached hydrogen (secondary N) is 1. The summed E-state index contributed by atoms with van der Waals surface area (Å²) < 4.78 is 64.9. The van der Waals surface area contributed by atoms with Crippen LogP contribution in [0.5, 0.6) is 0 Å². The highest BCUT2D eigenvalue weighted by atomic mass is 32.2. The van der Waals surface area contributed by atoms with Crippen molar-refractivity contribution in [3.05, 3.63) is 45.9 Å². The Morgan fingerprint density at radius 1 is 1.14 bits per heavy atom. The third-order valence-electron chi connectivity index (χ3n) is 2.34. The Morgan fingerprint density at radius 3 is 2.19 bits per heavy atom. The summed E-state index contributed by atoms with van der Waals surface area (Å²) in [5.74, 6) is -5.38. The van der Waals surface area contributed by atoms with E-state index in [4.69, 9.17) is 5.11 Å². The van der Waals surface area contributed by atoms with Crippen molar-refractivity contribution in [2.75, 3.05) is 4.72 Å². The van der Waals surface area contributed by atoms with E-state index in [1.54, 1.807) is 4.72 Å². The van der Waals surface area contributed by atoms with Crippen LogP contribution in [-0.2, 0) is 10.0 Å². The highest BCUT2D eigenvalue weighted by Gasteiger charge is 2.22. The van der Waals surface area contributed by atoms with Crippen molar-refractivity contribution >= 4 is 33.0 Å². The molecule has 0 aliphatic carbocycles. The Bertz CT molecular complexity index is 794. The molecule has 5 nitrogen and oxygen atoms in total. The van der Waals surface area contributed by atoms with E-state index in [-0.39, 0.29) is 4.88 Å². The first-order chi connectivity index (χ1) is 9.70. The fraction of sp³-hybridized carbons (Fsp3) is 0. The first kappa shape index (κ1) is 15.3. The van der Waals surface area contributed by atoms with Crippen LogP contribution in [0.4, 0.5) is 18.9 Å². The minimum absolute atomic E-state index is 0.254. The zero-order valence-corrected chi connectivity index (χ0v) is 11.6. The molecule has 112 valence electrons. The average Bonchev–Trinajstić information content (AvgIpc) is 2.84. The van der Waals surface area contributed by atoms with E-state index in [0.29, 0.717) is 23.5 Å². The summed E-state index contributed by atoms with van der Waals surface area (Å²) in [7, 11) is -4.39. The first-order valence-electron chi connectivity index (χ1n) is 5.20. The number of carboxylic acids is 1. The zero-order valence-electron chi connectivity index (χ0n) is 9.93. The maximum Gasteiger partial charge on any atom is 0.345 e. The van der Waals surface area contributed by atoms with E-state index in [1.807, 2.05) is 0 Å². The lowest BCUT2D eigenvalue weighted by molar-refractivity contribution is 0.0702. The normalized spacial score (nSPS) is 11.4. The van der Waals surface area contributed by atoms with Crippen LogP contribution in [0, 0.1) is 17.5 Å². The van der Waals surface area contributed by atoms with Crippen molar-refractivity contribution < 1.29 is 31.5 Å². The zero-order chi connectivity index (χ0) is 15.8. The highest BCUT2D eigenvalue weighted by molar-refractivity contribution is 7.92. The number of thiophene rings is 1. The van der Waals surface area contributed by atoms with Gasteiger partial charge in [-0.15, -0.1) is 11.3 Å². The summed E-state index contributed by atoms with van der Waals surface area (Å²) in [4.78, 5) is 9.96. The smallest absolute Gasteiger partial charge is 0.345 e. The molecule has 10 heteroatoms. The monoisotopic (exact) mass is 337 g/mol. The molecule has 0 saturated heterocycles. The van der Waals surface area contributed by atoms with Crippen LogP contribution in [0.15, 0.2) is 28.5 Å². The maximum atomic E-state index is 13.4. The van der Waals surface area contributed by atoms with Gasteiger partial charge in [0.05, 0.1) is 4.90 Å². The number of aromatic carboxylic acids is 1. The van der Waals surface area contributed by atoms with Gasteiger partial charge in [0.2, 0.25) is 0 Å². The van der Waals surface area contributed by atoms with Gasteiger partial charge in [-0.2, -0.15) is 0 Å². The van der Waals surface area contributed by atoms with E-state index in [2.05, 4.69) is 0 Å². The van der Waals surface area contributed by atoms with Gasteiger partial charge in [0.25, 0.3) is 10.0 Å². The largest absolute Gasteiger partial charge is 0.477 e. The van der Waals surface area contributed by atoms with Crippen LogP contribution in [0.1, 0.15) is 9.67 Å². The van der Waals surface area contributed by atoms with Crippen LogP contribution >= 0.6 is 11.3 Å². The van der Waals surface area contributed by atoms with Crippen molar-refractivity contribution in [1.29, 1.82) is 0 Å². The van der Waals surface area contributed by atoms with Crippen LogP contribution in [-0.4, -0.2) is 19.5 Å². The van der Waals surface area contributed by atoms with E-state index in [0.717, 1.165) is 11.4 Å². The average molecular weight is 337 g/mol. The molecule has 0 amide bonds. The van der Waals surface area contributed by atoms with Crippen molar-refractivity contribution in [3.63, 3.8) is 0 Å². The van der Waals surface area contributed by atoms with Crippen LogP contribution in [0.3, 0.4) is 0 Å². The number of halogens is 3. The van der Waals surface area contributed by atoms with Gasteiger partial charge in [-0.05, 0) is 6.07 Å². The maximum absolute atomic E-state index is 13.4. The van der Waals surface area contributed by atoms with E-state index in [1.165, 1.54) is 0 Å². The fourth-order valence-electron chi connectivity index (χ4n) is 1.40. The minimum Gasteiger partial charge on any atom is -0.477 e. The molecule has 1 heterocycles. The van der Waals surface area contributed by atoms with Crippen LogP contribution < -0.4 is 4.72 Å². The number of benzene rings is 1. The number of rotatable bonds is 4. The van der Waals surface area contributed by atoms with E-state index < -0.39 is 44.0 Å². The summed E-state index contributed by atoms with van der Waals surface area (Å²) in [5, 5.41) is 9.71. The van der Waals surface area contributed by atoms with Crippen molar-refractivity contribution in [2.24, 2.45) is 0 Å². The molecule has 1 aromatic carbocycles. The predicted molar refractivity (Wildman–Crippen MR) is 68.4 cm³/mol. The van der Waals surface area contributed by atoms with Gasteiger partial charge in [-0.25, -0.2) is 26.4 Å². The van der Waals surface area contributed by atoms with Crippen molar-refractivity contribution in [2.45, 2.75) is 4.90 Å². The summed E-state index contributed by atoms with van der Waals surface area (Å²) in [6, 6.07) is 1.48. The van der Waals surface area contributed by atoms with E-state index >= 15 is 0 Å². The molecule has 2 aromatic rings. The molecular weight excluding hydrogens is 331 g/mol. The summed E-state index contributed by atoms with van der Waals surface area (Å²) in [6.07, 6.45) is 0. The predicted octanol–water partition coefficient (Wildman–Crippen LogP) is 2.66. The standard InChI is InChI=1S/C11H6F3NO4S2/c12-5-1-7(13)10(8(14)2-5)15-21(18,19)6-3-9(11(16)17)20-4-6/h1-4,15H,(H,16,17). The third kappa shape index (κ3) is 3.16. The number of carbonyl (C=O) groups is 1. The molecule has 0 fully saturated rings. The van der Waals surface area contributed by atoms with Gasteiger partial charge in [0, 0.05) is 17.5 Å². The molecule has 1 aromatic heterocycles. The topological polar surface area (TPSA) is 83.5 Å². The lowest BCUT2D eigenvalue weighted by atomic mass is 10.3. The number of carboxylic acid groups (broad SMARTS) is 1. The van der Waals surface area contributed by atoms with Gasteiger partial charge < -0.3 is 5.11 Å². The molecule has 0 spiro atoms. The number of anilines is 1. The van der Waals surface area contributed by atoms with E-state index in [9.17, 15) is 26.4 Å². The Kier molecular flexibility index (Phi) is 3.92. The molecule has 0 aliphatic heterocycles. The second-order valence-electron chi connectivity index (χ2n) is 3.80. The highest BCUT2D eigenvalue weighted by Crippen LogP contribution is 2.26. The molecule has 0 aliphatic rings. The van der Waals surface area contributed by atoms with Gasteiger partial charge in [0.15, 0.2) is 11.6 Å². The number of hydrogen-bond acceptors (Lipinski definition) is 4. The quantitative estimate of drug-likeness (QED) is 0.898. The first-order valence-corrected chi connectivity index (χ1v) is 7.56. The second-order valence-corrected chi connectivity index (χ2v) is 6.40. The molecular formula is C11H6F3NO4S2. The molecule has 0 saturated carbocycles. The summed E-state index contributed by atoms with van der Waals surface area (Å²) in [5.41, 5.74) is -1.04. The van der Waals surface area contributed by atoms with Crippen LogP contribution in [0.2, 0.25) is 0 Å². The Labute approximate surface area is 120 Å². The molecule has 0 radical (unpaired) electrons. The lowest BCUT2D eigenvalue weighted by Crippen LogP contribution is -2.15. The minimum atomic E-state index is -4.39. The molecule has 0 bridgehead atoms. The van der Waals surface area contributed by atoms with Crippen molar-refractivity contribution in [1.82, 2.24) is 0 Å².